The van der Waals surface area contributed by atoms with Crippen LogP contribution >= 0.6 is 0 Å². The van der Waals surface area contributed by atoms with E-state index >= 15 is 0 Å². The number of allylic oxidation sites excluding steroid dienone is 4. The Hall–Kier alpha value is -1.26. The van der Waals surface area contributed by atoms with E-state index < -0.39 is 0 Å². The van der Waals surface area contributed by atoms with E-state index in [9.17, 15) is 0 Å². The van der Waals surface area contributed by atoms with Gasteiger partial charge in [-0.1, -0.05) is 0 Å². The van der Waals surface area contributed by atoms with Crippen molar-refractivity contribution in [1.29, 1.82) is 0 Å². The van der Waals surface area contributed by atoms with Crippen LogP contribution in [0.2, 0.25) is 0 Å². The van der Waals surface area contributed by atoms with Gasteiger partial charge in [-0.15, -0.1) is 6.42 Å². The predicted molar refractivity (Wildman–Crippen MR) is 50.1 cm³/mol. The molecular formula is C9H13O4V-. The summed E-state index contributed by atoms with van der Waals surface area (Å²) in [4.78, 5) is 32.0. The van der Waals surface area contributed by atoms with Gasteiger partial charge in [0.1, 0.15) is 27.2 Å². The SMILES string of the molecule is C=O.C=O.C=O.C=O.[C-]1=CC=CC1.[V]. The maximum absolute atomic E-state index is 8.00. The Morgan fingerprint density at radius 3 is 1.29 bits per heavy atom. The molecule has 0 aromatic carbocycles. The second-order valence-corrected chi connectivity index (χ2v) is 1.00. The fraction of sp³-hybridized carbons (Fsp3) is 0.111. The molecule has 0 heterocycles. The average molecular weight is 236 g/mol. The predicted octanol–water partition coefficient (Wildman–Crippen LogP) is 0.564. The first-order valence-electron chi connectivity index (χ1n) is 2.87. The van der Waals surface area contributed by atoms with Gasteiger partial charge >= 0.3 is 0 Å². The second-order valence-electron chi connectivity index (χ2n) is 1.00. The molecule has 0 bridgehead atoms. The quantitative estimate of drug-likeness (QED) is 0.576. The Morgan fingerprint density at radius 1 is 0.857 bits per heavy atom. The molecule has 0 aromatic heterocycles. The summed E-state index contributed by atoms with van der Waals surface area (Å²) in [6.45, 7) is 8.00. The Labute approximate surface area is 96.0 Å². The zero-order valence-electron chi connectivity index (χ0n) is 7.85. The van der Waals surface area contributed by atoms with E-state index in [2.05, 4.69) is 12.2 Å². The van der Waals surface area contributed by atoms with Crippen molar-refractivity contribution < 1.29 is 37.7 Å². The minimum absolute atomic E-state index is 0. The van der Waals surface area contributed by atoms with E-state index in [-0.39, 0.29) is 18.6 Å². The summed E-state index contributed by atoms with van der Waals surface area (Å²) in [6.07, 6.45) is 10.0. The van der Waals surface area contributed by atoms with Crippen molar-refractivity contribution >= 4 is 27.2 Å². The van der Waals surface area contributed by atoms with Crippen LogP contribution in [0, 0.1) is 6.08 Å². The molecule has 0 aromatic rings. The summed E-state index contributed by atoms with van der Waals surface area (Å²) in [5.74, 6) is 0. The molecule has 4 nitrogen and oxygen atoms in total. The van der Waals surface area contributed by atoms with Gasteiger partial charge in [0, 0.05) is 18.6 Å². The van der Waals surface area contributed by atoms with Crippen LogP contribution in [0.4, 0.5) is 0 Å². The van der Waals surface area contributed by atoms with Crippen LogP contribution in [0.1, 0.15) is 6.42 Å². The Kier molecular flexibility index (Phi) is 202. The van der Waals surface area contributed by atoms with E-state index in [1.54, 1.807) is 0 Å². The standard InChI is InChI=1S/C5H5.4CH2O.V/c1-2-4-5-3-1;4*1-2;/h1-3H,4H2;4*1H2;/q-1;;;;;. The van der Waals surface area contributed by atoms with Crippen molar-refractivity contribution in [3.63, 3.8) is 0 Å². The van der Waals surface area contributed by atoms with E-state index in [4.69, 9.17) is 19.2 Å². The van der Waals surface area contributed by atoms with Crippen molar-refractivity contribution in [2.24, 2.45) is 0 Å². The number of carbonyl (C=O) groups excluding carboxylic acids is 4. The molecule has 79 valence electrons. The van der Waals surface area contributed by atoms with E-state index in [0.717, 1.165) is 6.42 Å². The molecule has 0 amide bonds. The molecule has 0 saturated carbocycles. The second kappa shape index (κ2) is 96.7. The number of hydrogen-bond acceptors (Lipinski definition) is 4. The van der Waals surface area contributed by atoms with Gasteiger partial charge < -0.3 is 19.2 Å². The third-order valence-electron chi connectivity index (χ3n) is 0.586. The van der Waals surface area contributed by atoms with Gasteiger partial charge in [-0.2, -0.15) is 6.08 Å². The molecule has 1 aliphatic rings. The van der Waals surface area contributed by atoms with Crippen molar-refractivity contribution in [1.82, 2.24) is 0 Å². The maximum atomic E-state index is 8.00. The van der Waals surface area contributed by atoms with Gasteiger partial charge in [-0.05, 0) is 0 Å². The van der Waals surface area contributed by atoms with E-state index in [0.29, 0.717) is 0 Å². The number of hydrogen-bond donors (Lipinski definition) is 0. The summed E-state index contributed by atoms with van der Waals surface area (Å²) in [6, 6.07) is 0. The van der Waals surface area contributed by atoms with Crippen molar-refractivity contribution in [3.05, 3.63) is 24.3 Å². The minimum atomic E-state index is 0. The van der Waals surface area contributed by atoms with Crippen LogP contribution in [-0.2, 0) is 37.7 Å². The zero-order chi connectivity index (χ0) is 11.5. The first-order chi connectivity index (χ1) is 6.50. The van der Waals surface area contributed by atoms with Gasteiger partial charge in [0.25, 0.3) is 0 Å². The van der Waals surface area contributed by atoms with Crippen LogP contribution in [-0.4, -0.2) is 27.2 Å². The number of rotatable bonds is 0. The molecule has 0 N–H and O–H groups in total. The molecule has 1 radical (unpaired) electrons. The Balaban J connectivity index is -0.0000000267. The molecule has 0 saturated heterocycles. The van der Waals surface area contributed by atoms with Crippen molar-refractivity contribution in [2.75, 3.05) is 0 Å². The number of carbonyl (C=O) groups is 4. The van der Waals surface area contributed by atoms with Gasteiger partial charge in [0.2, 0.25) is 0 Å². The van der Waals surface area contributed by atoms with E-state index in [1.807, 2.05) is 39.3 Å². The van der Waals surface area contributed by atoms with Gasteiger partial charge in [0.15, 0.2) is 0 Å². The molecule has 14 heavy (non-hydrogen) atoms. The first-order valence-corrected chi connectivity index (χ1v) is 2.87. The molecule has 0 atom stereocenters. The summed E-state index contributed by atoms with van der Waals surface area (Å²) < 4.78 is 0. The third-order valence-corrected chi connectivity index (χ3v) is 0.586. The van der Waals surface area contributed by atoms with Crippen LogP contribution in [0.25, 0.3) is 0 Å². The summed E-state index contributed by atoms with van der Waals surface area (Å²) in [5, 5.41) is 0. The van der Waals surface area contributed by atoms with Gasteiger partial charge in [-0.25, -0.2) is 12.2 Å². The third kappa shape index (κ3) is 72.8. The smallest absolute Gasteiger partial charge is 0.106 e. The summed E-state index contributed by atoms with van der Waals surface area (Å²) >= 11 is 0. The van der Waals surface area contributed by atoms with Crippen LogP contribution in [0.15, 0.2) is 18.2 Å². The van der Waals surface area contributed by atoms with Crippen molar-refractivity contribution in [2.45, 2.75) is 6.42 Å². The molecule has 1 aliphatic carbocycles. The fourth-order valence-corrected chi connectivity index (χ4v) is 0.340. The fourth-order valence-electron chi connectivity index (χ4n) is 0.340. The van der Waals surface area contributed by atoms with Crippen LogP contribution < -0.4 is 0 Å². The minimum Gasteiger partial charge on any atom is -0.307 e. The zero-order valence-corrected chi connectivity index (χ0v) is 9.24. The molecule has 5 heteroatoms. The first kappa shape index (κ1) is 29.3. The molecule has 0 fully saturated rings. The van der Waals surface area contributed by atoms with Crippen LogP contribution in [0.5, 0.6) is 0 Å². The molecule has 0 spiro atoms. The van der Waals surface area contributed by atoms with E-state index in [1.165, 1.54) is 0 Å². The van der Waals surface area contributed by atoms with Gasteiger partial charge in [-0.3, -0.25) is 6.08 Å². The van der Waals surface area contributed by atoms with Crippen LogP contribution in [0.3, 0.4) is 0 Å². The monoisotopic (exact) mass is 236 g/mol. The van der Waals surface area contributed by atoms with Gasteiger partial charge in [0.05, 0.1) is 0 Å². The Morgan fingerprint density at radius 2 is 1.21 bits per heavy atom. The summed E-state index contributed by atoms with van der Waals surface area (Å²) in [7, 11) is 0. The molecule has 1 rings (SSSR count). The molecular weight excluding hydrogens is 223 g/mol. The average Bonchev–Trinajstić information content (AvgIpc) is 2.87. The summed E-state index contributed by atoms with van der Waals surface area (Å²) in [5.41, 5.74) is 0. The van der Waals surface area contributed by atoms with Crippen molar-refractivity contribution in [3.8, 4) is 0 Å². The molecule has 0 aliphatic heterocycles. The maximum Gasteiger partial charge on any atom is 0.106 e. The largest absolute Gasteiger partial charge is 0.307 e. The Bertz CT molecular complexity index is 108. The normalized spacial score (nSPS) is 7.43. The topological polar surface area (TPSA) is 68.3 Å². The molecule has 0 unspecified atom stereocenters.